The van der Waals surface area contributed by atoms with Crippen LogP contribution in [0.2, 0.25) is 0 Å². The van der Waals surface area contributed by atoms with Crippen LogP contribution in [0.3, 0.4) is 0 Å². The fourth-order valence-corrected chi connectivity index (χ4v) is 5.08. The first-order chi connectivity index (χ1) is 23.0. The average molecular weight is 663 g/mol. The molecule has 9 nitrogen and oxygen atoms in total. The maximum atomic E-state index is 15.0. The van der Waals surface area contributed by atoms with E-state index in [1.807, 2.05) is 37.3 Å². The zero-order valence-electron chi connectivity index (χ0n) is 28.3. The topological polar surface area (TPSA) is 97.1 Å². The Hall–Kier alpha value is -4.81. The van der Waals surface area contributed by atoms with Crippen LogP contribution in [-0.2, 0) is 0 Å². The Balaban J connectivity index is 0.000000287. The van der Waals surface area contributed by atoms with Gasteiger partial charge in [-0.2, -0.15) is 9.37 Å². The largest absolute Gasteiger partial charge is 0.433 e. The van der Waals surface area contributed by atoms with Crippen LogP contribution < -0.4 is 30.8 Å². The summed E-state index contributed by atoms with van der Waals surface area (Å²) in [7, 11) is 2.14. The van der Waals surface area contributed by atoms with E-state index in [9.17, 15) is 8.78 Å². The standard InChI is InChI=1S/C23H21F3N6O.C7H9N.C6H15N/c1-13-10-16-19(25)18(11-17(24)21(16)30-13)33-23-20(26)22(28-12-29-23)31-14-2-4-15(5-3-14)32-8-6-27-7-9-32;1-5-4-6(2)8-7(5)3;1-4-6-7(3)5-2/h2-5,10-12,27,30H,6-9H2,1H3,(H,28,29,31);4,8H,1,3H2,2H3;4-6H2,1-3H3. The minimum atomic E-state index is -0.922. The lowest BCUT2D eigenvalue weighted by atomic mass is 10.2. The Morgan fingerprint density at radius 3 is 2.19 bits per heavy atom. The molecule has 1 aliphatic heterocycles. The zero-order chi connectivity index (χ0) is 34.8. The quantitative estimate of drug-likeness (QED) is 0.159. The van der Waals surface area contributed by atoms with Gasteiger partial charge in [0.1, 0.15) is 6.33 Å². The molecular formula is C36H45F3N8O. The van der Waals surface area contributed by atoms with Gasteiger partial charge in [-0.3, -0.25) is 0 Å². The van der Waals surface area contributed by atoms with Gasteiger partial charge in [0.2, 0.25) is 5.82 Å². The second-order valence-corrected chi connectivity index (χ2v) is 11.6. The van der Waals surface area contributed by atoms with Crippen LogP contribution in [0, 0.1) is 31.3 Å². The normalized spacial score (nSPS) is 12.7. The van der Waals surface area contributed by atoms with Crippen molar-refractivity contribution in [3.05, 3.63) is 88.2 Å². The van der Waals surface area contributed by atoms with E-state index < -0.39 is 29.1 Å². The third-order valence-electron chi connectivity index (χ3n) is 7.75. The van der Waals surface area contributed by atoms with Gasteiger partial charge in [-0.05, 0) is 82.0 Å². The van der Waals surface area contributed by atoms with Crippen molar-refractivity contribution in [2.75, 3.05) is 56.5 Å². The number of nitrogens with zero attached hydrogens (tertiary/aromatic N) is 4. The molecule has 1 fully saturated rings. The predicted octanol–water partition coefficient (Wildman–Crippen LogP) is 6.12. The molecule has 0 radical (unpaired) electrons. The number of aromatic nitrogens is 4. The molecule has 0 amide bonds. The highest BCUT2D eigenvalue weighted by Crippen LogP contribution is 2.34. The molecule has 0 atom stereocenters. The van der Waals surface area contributed by atoms with Crippen molar-refractivity contribution in [3.63, 3.8) is 0 Å². The van der Waals surface area contributed by atoms with Crippen LogP contribution in [0.4, 0.5) is 30.4 Å². The van der Waals surface area contributed by atoms with Crippen LogP contribution >= 0.6 is 0 Å². The number of hydrogen-bond donors (Lipinski definition) is 4. The number of anilines is 3. The van der Waals surface area contributed by atoms with Crippen LogP contribution in [-0.4, -0.2) is 71.2 Å². The average Bonchev–Trinajstić information content (AvgIpc) is 3.62. The summed E-state index contributed by atoms with van der Waals surface area (Å²) in [5, 5.41) is 8.10. The van der Waals surface area contributed by atoms with E-state index in [1.54, 1.807) is 6.92 Å². The lowest BCUT2D eigenvalue weighted by Crippen LogP contribution is -2.43. The predicted molar refractivity (Wildman–Crippen MR) is 189 cm³/mol. The second-order valence-electron chi connectivity index (χ2n) is 11.6. The minimum absolute atomic E-state index is 0.0138. The van der Waals surface area contributed by atoms with E-state index in [1.165, 1.54) is 25.6 Å². The highest BCUT2D eigenvalue weighted by molar-refractivity contribution is 5.83. The third-order valence-corrected chi connectivity index (χ3v) is 7.75. The molecule has 3 aromatic heterocycles. The molecule has 0 spiro atoms. The van der Waals surface area contributed by atoms with Crippen molar-refractivity contribution in [3.8, 4) is 11.6 Å². The molecular weight excluding hydrogens is 617 g/mol. The fraction of sp³-hybridized carbons (Fsp3) is 0.333. The zero-order valence-corrected chi connectivity index (χ0v) is 28.3. The number of fused-ring (bicyclic) bond motifs is 1. The summed E-state index contributed by atoms with van der Waals surface area (Å²) in [6.45, 7) is 21.6. The summed E-state index contributed by atoms with van der Waals surface area (Å²) in [5.74, 6) is -3.58. The smallest absolute Gasteiger partial charge is 0.261 e. The molecule has 0 aliphatic carbocycles. The van der Waals surface area contributed by atoms with Crippen molar-refractivity contribution < 1.29 is 17.9 Å². The lowest BCUT2D eigenvalue weighted by molar-refractivity contribution is 0.353. The van der Waals surface area contributed by atoms with Gasteiger partial charge in [0, 0.05) is 65.7 Å². The van der Waals surface area contributed by atoms with Crippen molar-refractivity contribution in [1.82, 2.24) is 30.2 Å². The van der Waals surface area contributed by atoms with E-state index >= 15 is 4.39 Å². The van der Waals surface area contributed by atoms with E-state index in [-0.39, 0.29) is 16.7 Å². The number of benzene rings is 2. The lowest BCUT2D eigenvalue weighted by Gasteiger charge is -2.29. The number of H-pyrrole nitrogens is 2. The highest BCUT2D eigenvalue weighted by atomic mass is 19.1. The maximum Gasteiger partial charge on any atom is 0.261 e. The number of aryl methyl sites for hydroxylation is 2. The van der Waals surface area contributed by atoms with Crippen LogP contribution in [0.5, 0.6) is 11.6 Å². The van der Waals surface area contributed by atoms with Gasteiger partial charge in [-0.25, -0.2) is 13.8 Å². The van der Waals surface area contributed by atoms with Crippen LogP contribution in [0.25, 0.3) is 24.1 Å². The number of hydrogen-bond acceptors (Lipinski definition) is 7. The molecule has 12 heteroatoms. The molecule has 4 heterocycles. The summed E-state index contributed by atoms with van der Waals surface area (Å²) in [5.41, 5.74) is 3.41. The first kappa shape index (κ1) is 36.0. The first-order valence-electron chi connectivity index (χ1n) is 16.0. The van der Waals surface area contributed by atoms with Crippen LogP contribution in [0.1, 0.15) is 31.7 Å². The number of ether oxygens (including phenoxy) is 1. The SMILES string of the molecule is C=c1cc(C)[nH]c1=C.CCCN(C)CC.Cc1cc2c(F)c(Oc3ncnc(Nc4ccc(N5CCNCC5)cc4)c3F)cc(F)c2[nH]1. The van der Waals surface area contributed by atoms with Gasteiger partial charge in [0.15, 0.2) is 23.2 Å². The number of piperazine rings is 1. The molecule has 1 aliphatic rings. The number of aromatic amines is 2. The number of halogens is 3. The van der Waals surface area contributed by atoms with Crippen molar-refractivity contribution in [2.24, 2.45) is 0 Å². The van der Waals surface area contributed by atoms with Crippen molar-refractivity contribution in [1.29, 1.82) is 0 Å². The number of rotatable bonds is 8. The molecule has 0 bridgehead atoms. The fourth-order valence-electron chi connectivity index (χ4n) is 5.08. The van der Waals surface area contributed by atoms with E-state index in [0.29, 0.717) is 11.4 Å². The van der Waals surface area contributed by atoms with Gasteiger partial charge in [0.25, 0.3) is 5.88 Å². The summed E-state index contributed by atoms with van der Waals surface area (Å²) >= 11 is 0. The van der Waals surface area contributed by atoms with Gasteiger partial charge in [0.05, 0.1) is 5.52 Å². The Kier molecular flexibility index (Phi) is 12.6. The molecule has 1 saturated heterocycles. The molecule has 5 aromatic rings. The summed E-state index contributed by atoms with van der Waals surface area (Å²) < 4.78 is 49.5. The number of nitrogens with one attached hydrogen (secondary N) is 4. The maximum absolute atomic E-state index is 15.0. The molecule has 48 heavy (non-hydrogen) atoms. The summed E-state index contributed by atoms with van der Waals surface area (Å²) in [6.07, 6.45) is 2.35. The third kappa shape index (κ3) is 9.39. The molecule has 0 saturated carbocycles. The first-order valence-corrected chi connectivity index (χ1v) is 16.0. The van der Waals surface area contributed by atoms with Gasteiger partial charge >= 0.3 is 0 Å². The Bertz CT molecular complexity index is 1860. The summed E-state index contributed by atoms with van der Waals surface area (Å²) in [4.78, 5) is 18.0. The molecule has 256 valence electrons. The van der Waals surface area contributed by atoms with E-state index in [2.05, 4.69) is 74.4 Å². The summed E-state index contributed by atoms with van der Waals surface area (Å²) in [6, 6.07) is 11.8. The molecule has 4 N–H and O–H groups in total. The van der Waals surface area contributed by atoms with E-state index in [0.717, 1.165) is 60.5 Å². The van der Waals surface area contributed by atoms with Gasteiger partial charge in [-0.15, -0.1) is 0 Å². The van der Waals surface area contributed by atoms with Crippen molar-refractivity contribution in [2.45, 2.75) is 34.1 Å². The Labute approximate surface area is 279 Å². The molecule has 6 rings (SSSR count). The molecule has 2 aromatic carbocycles. The highest BCUT2D eigenvalue weighted by Gasteiger charge is 2.20. The Morgan fingerprint density at radius 2 is 1.62 bits per heavy atom. The second kappa shape index (κ2) is 16.8. The van der Waals surface area contributed by atoms with Crippen molar-refractivity contribution >= 4 is 41.3 Å². The molecule has 0 unspecified atom stereocenters. The minimum Gasteiger partial charge on any atom is -0.433 e. The van der Waals surface area contributed by atoms with E-state index in [4.69, 9.17) is 4.74 Å². The van der Waals surface area contributed by atoms with Crippen LogP contribution in [0.15, 0.2) is 48.8 Å². The van der Waals surface area contributed by atoms with Gasteiger partial charge in [-0.1, -0.05) is 27.0 Å². The van der Waals surface area contributed by atoms with Gasteiger partial charge < -0.3 is 35.1 Å². The Morgan fingerprint density at radius 1 is 0.938 bits per heavy atom. The monoisotopic (exact) mass is 662 g/mol.